The summed E-state index contributed by atoms with van der Waals surface area (Å²) < 4.78 is 4.72. The molecule has 0 saturated heterocycles. The Morgan fingerprint density at radius 2 is 2.09 bits per heavy atom. The van der Waals surface area contributed by atoms with Crippen LogP contribution in [-0.2, 0) is 9.53 Å². The quantitative estimate of drug-likeness (QED) is 0.369. The van der Waals surface area contributed by atoms with Crippen molar-refractivity contribution < 1.29 is 9.53 Å². The lowest BCUT2D eigenvalue weighted by atomic mass is 10.3. The van der Waals surface area contributed by atoms with E-state index in [0.717, 1.165) is 19.3 Å². The molecule has 0 rings (SSSR count). The summed E-state index contributed by atoms with van der Waals surface area (Å²) in [5.74, 6) is -0.357. The zero-order valence-electron chi connectivity index (χ0n) is 6.23. The molecule has 0 aromatic heterocycles. The molecule has 0 spiro atoms. The third kappa shape index (κ3) is 9.76. The minimum absolute atomic E-state index is 0. The predicted octanol–water partition coefficient (Wildman–Crippen LogP) is 2.59. The van der Waals surface area contributed by atoms with Crippen molar-refractivity contribution in [1.82, 2.24) is 0 Å². The summed E-state index contributed by atoms with van der Waals surface area (Å²) >= 11 is 5.19. The fraction of sp³-hybridized carbons (Fsp3) is 0.875. The standard InChI is InChI=1S/C7H13ClO2.CH4/c1-2-3-4-5-10-7(9)6-8;/h2-6H2,1H3;1H4. The lowest BCUT2D eigenvalue weighted by Crippen LogP contribution is -2.06. The minimum Gasteiger partial charge on any atom is -0.465 e. The van der Waals surface area contributed by atoms with Crippen molar-refractivity contribution in [1.29, 1.82) is 0 Å². The van der Waals surface area contributed by atoms with E-state index in [2.05, 4.69) is 6.92 Å². The minimum atomic E-state index is -0.322. The van der Waals surface area contributed by atoms with Crippen LogP contribution in [0.4, 0.5) is 0 Å². The molecular weight excluding hydrogens is 164 g/mol. The zero-order chi connectivity index (χ0) is 7.82. The average Bonchev–Trinajstić information content (AvgIpc) is 1.98. The van der Waals surface area contributed by atoms with Gasteiger partial charge >= 0.3 is 5.97 Å². The van der Waals surface area contributed by atoms with Crippen molar-refractivity contribution in [2.75, 3.05) is 12.5 Å². The second-order valence-electron chi connectivity index (χ2n) is 2.06. The maximum absolute atomic E-state index is 10.4. The third-order valence-electron chi connectivity index (χ3n) is 1.12. The summed E-state index contributed by atoms with van der Waals surface area (Å²) in [7, 11) is 0. The van der Waals surface area contributed by atoms with Gasteiger partial charge in [-0.1, -0.05) is 27.2 Å². The Hall–Kier alpha value is -0.240. The first-order chi connectivity index (χ1) is 4.81. The van der Waals surface area contributed by atoms with Crippen LogP contribution < -0.4 is 0 Å². The van der Waals surface area contributed by atoms with Gasteiger partial charge in [0.05, 0.1) is 6.61 Å². The number of hydrogen-bond donors (Lipinski definition) is 0. The molecule has 0 aliphatic heterocycles. The summed E-state index contributed by atoms with van der Waals surface area (Å²) in [6.45, 7) is 2.61. The fourth-order valence-electron chi connectivity index (χ4n) is 0.577. The Balaban J connectivity index is 0. The Morgan fingerprint density at radius 1 is 1.45 bits per heavy atom. The van der Waals surface area contributed by atoms with Crippen LogP contribution in [0.5, 0.6) is 0 Å². The molecule has 0 bridgehead atoms. The molecule has 0 heterocycles. The van der Waals surface area contributed by atoms with Gasteiger partial charge in [0, 0.05) is 0 Å². The molecule has 0 amide bonds. The third-order valence-corrected chi connectivity index (χ3v) is 1.34. The summed E-state index contributed by atoms with van der Waals surface area (Å²) in [6.07, 6.45) is 3.19. The van der Waals surface area contributed by atoms with E-state index in [9.17, 15) is 4.79 Å². The van der Waals surface area contributed by atoms with Gasteiger partial charge in [0.15, 0.2) is 0 Å². The van der Waals surface area contributed by atoms with Crippen LogP contribution in [-0.4, -0.2) is 18.5 Å². The van der Waals surface area contributed by atoms with Crippen molar-refractivity contribution in [3.05, 3.63) is 0 Å². The van der Waals surface area contributed by atoms with E-state index in [1.165, 1.54) is 0 Å². The summed E-state index contributed by atoms with van der Waals surface area (Å²) in [5.41, 5.74) is 0. The molecule has 0 radical (unpaired) electrons. The molecule has 11 heavy (non-hydrogen) atoms. The summed E-state index contributed by atoms with van der Waals surface area (Å²) in [4.78, 5) is 10.4. The fourth-order valence-corrected chi connectivity index (χ4v) is 0.654. The number of esters is 1. The largest absolute Gasteiger partial charge is 0.465 e. The maximum Gasteiger partial charge on any atom is 0.320 e. The highest BCUT2D eigenvalue weighted by molar-refractivity contribution is 6.26. The number of alkyl halides is 1. The van der Waals surface area contributed by atoms with Gasteiger partial charge in [-0.15, -0.1) is 11.6 Å². The van der Waals surface area contributed by atoms with E-state index in [1.807, 2.05) is 0 Å². The first-order valence-corrected chi connectivity index (χ1v) is 4.06. The highest BCUT2D eigenvalue weighted by Crippen LogP contribution is 1.94. The Bertz CT molecular complexity index is 94.1. The number of halogens is 1. The molecule has 0 unspecified atom stereocenters. The van der Waals surface area contributed by atoms with Crippen LogP contribution in [0.15, 0.2) is 0 Å². The van der Waals surface area contributed by atoms with E-state index in [-0.39, 0.29) is 19.3 Å². The monoisotopic (exact) mass is 180 g/mol. The van der Waals surface area contributed by atoms with Crippen molar-refractivity contribution in [2.24, 2.45) is 0 Å². The Morgan fingerprint density at radius 3 is 2.55 bits per heavy atom. The lowest BCUT2D eigenvalue weighted by Gasteiger charge is -1.99. The molecule has 0 fully saturated rings. The van der Waals surface area contributed by atoms with Gasteiger partial charge in [-0.05, 0) is 6.42 Å². The van der Waals surface area contributed by atoms with Crippen LogP contribution in [0.1, 0.15) is 33.6 Å². The molecule has 3 heteroatoms. The van der Waals surface area contributed by atoms with E-state index < -0.39 is 0 Å². The van der Waals surface area contributed by atoms with Crippen molar-refractivity contribution in [2.45, 2.75) is 33.6 Å². The first-order valence-electron chi connectivity index (χ1n) is 3.52. The van der Waals surface area contributed by atoms with Crippen LogP contribution >= 0.6 is 11.6 Å². The highest BCUT2D eigenvalue weighted by Gasteiger charge is 1.96. The smallest absolute Gasteiger partial charge is 0.320 e. The number of unbranched alkanes of at least 4 members (excludes halogenated alkanes) is 2. The summed E-state index contributed by atoms with van der Waals surface area (Å²) in [5, 5.41) is 0. The highest BCUT2D eigenvalue weighted by atomic mass is 35.5. The van der Waals surface area contributed by atoms with Crippen LogP contribution in [0.2, 0.25) is 0 Å². The van der Waals surface area contributed by atoms with Crippen LogP contribution in [0.3, 0.4) is 0 Å². The number of ether oxygens (including phenoxy) is 1. The van der Waals surface area contributed by atoms with Crippen LogP contribution in [0.25, 0.3) is 0 Å². The average molecular weight is 181 g/mol. The number of hydrogen-bond acceptors (Lipinski definition) is 2. The Kier molecular flexibility index (Phi) is 11.9. The molecule has 0 atom stereocenters. The van der Waals surface area contributed by atoms with Gasteiger partial charge in [0.2, 0.25) is 0 Å². The second-order valence-corrected chi connectivity index (χ2v) is 2.33. The molecule has 2 nitrogen and oxygen atoms in total. The lowest BCUT2D eigenvalue weighted by molar-refractivity contribution is -0.140. The van der Waals surface area contributed by atoms with Gasteiger partial charge in [0.1, 0.15) is 5.88 Å². The molecule has 0 saturated carbocycles. The number of carbonyl (C=O) groups is 1. The zero-order valence-corrected chi connectivity index (χ0v) is 6.99. The molecule has 0 aromatic rings. The number of rotatable bonds is 5. The SMILES string of the molecule is C.CCCCCOC(=O)CCl. The molecule has 0 aliphatic carbocycles. The molecule has 0 N–H and O–H groups in total. The van der Waals surface area contributed by atoms with Crippen molar-refractivity contribution in [3.8, 4) is 0 Å². The summed E-state index contributed by atoms with van der Waals surface area (Å²) in [6, 6.07) is 0. The van der Waals surface area contributed by atoms with Gasteiger partial charge < -0.3 is 4.74 Å². The van der Waals surface area contributed by atoms with Crippen LogP contribution in [0, 0.1) is 0 Å². The molecular formula is C8H17ClO2. The topological polar surface area (TPSA) is 26.3 Å². The van der Waals surface area contributed by atoms with E-state index in [4.69, 9.17) is 16.3 Å². The van der Waals surface area contributed by atoms with E-state index in [0.29, 0.717) is 6.61 Å². The maximum atomic E-state index is 10.4. The van der Waals surface area contributed by atoms with Gasteiger partial charge in [-0.2, -0.15) is 0 Å². The van der Waals surface area contributed by atoms with Crippen molar-refractivity contribution >= 4 is 17.6 Å². The van der Waals surface area contributed by atoms with E-state index in [1.54, 1.807) is 0 Å². The number of carbonyl (C=O) groups excluding carboxylic acids is 1. The first kappa shape index (κ1) is 13.4. The second kappa shape index (κ2) is 9.76. The van der Waals surface area contributed by atoms with Gasteiger partial charge in [-0.3, -0.25) is 4.79 Å². The molecule has 0 aliphatic rings. The normalized spacial score (nSPS) is 8.55. The predicted molar refractivity (Wildman–Crippen MR) is 47.9 cm³/mol. The Labute approximate surface area is 73.9 Å². The van der Waals surface area contributed by atoms with Gasteiger partial charge in [0.25, 0.3) is 0 Å². The van der Waals surface area contributed by atoms with E-state index >= 15 is 0 Å². The van der Waals surface area contributed by atoms with Gasteiger partial charge in [-0.25, -0.2) is 0 Å². The molecule has 68 valence electrons. The van der Waals surface area contributed by atoms with Crippen molar-refractivity contribution in [3.63, 3.8) is 0 Å². The molecule has 0 aromatic carbocycles.